The van der Waals surface area contributed by atoms with Gasteiger partial charge in [0.1, 0.15) is 0 Å². The van der Waals surface area contributed by atoms with Gasteiger partial charge in [-0.1, -0.05) is 25.3 Å². The lowest BCUT2D eigenvalue weighted by Gasteiger charge is -2.11. The summed E-state index contributed by atoms with van der Waals surface area (Å²) in [7, 11) is -3.32. The summed E-state index contributed by atoms with van der Waals surface area (Å²) in [5.41, 5.74) is 1.36. The Morgan fingerprint density at radius 2 is 1.88 bits per heavy atom. The van der Waals surface area contributed by atoms with Gasteiger partial charge in [-0.3, -0.25) is 4.72 Å². The molecule has 0 aromatic carbocycles. The molecule has 0 heterocycles. The molecule has 0 aliphatic heterocycles. The fourth-order valence-corrected chi connectivity index (χ4v) is 1.52. The van der Waals surface area contributed by atoms with Gasteiger partial charge < -0.3 is 0 Å². The van der Waals surface area contributed by atoms with E-state index in [0.29, 0.717) is 5.70 Å². The van der Waals surface area contributed by atoms with Gasteiger partial charge in [0.05, 0.1) is 5.25 Å². The topological polar surface area (TPSA) is 46.2 Å². The molecule has 4 heteroatoms. The summed E-state index contributed by atoms with van der Waals surface area (Å²) in [6, 6.07) is 0. The van der Waals surface area contributed by atoms with Crippen LogP contribution in [0, 0.1) is 0 Å². The van der Waals surface area contributed by atoms with Gasteiger partial charge in [-0.25, -0.2) is 8.42 Å². The largest absolute Gasteiger partial charge is 0.283 e. The summed E-state index contributed by atoms with van der Waals surface area (Å²) in [5.74, 6) is 0. The summed E-state index contributed by atoms with van der Waals surface area (Å²) >= 11 is 0. The Morgan fingerprint density at radius 3 is 2.25 bits per heavy atom. The van der Waals surface area contributed by atoms with Crippen LogP contribution < -0.4 is 4.72 Å². The van der Waals surface area contributed by atoms with Crippen molar-refractivity contribution < 1.29 is 8.42 Å². The zero-order valence-electron chi connectivity index (χ0n) is 10.0. The minimum atomic E-state index is -3.32. The van der Waals surface area contributed by atoms with Crippen molar-refractivity contribution in [3.63, 3.8) is 0 Å². The normalized spacial score (nSPS) is 13.8. The molecule has 3 nitrogen and oxygen atoms in total. The number of sulfonamides is 1. The van der Waals surface area contributed by atoms with Gasteiger partial charge in [0, 0.05) is 5.70 Å². The lowest BCUT2D eigenvalue weighted by molar-refractivity contribution is 0.580. The molecular weight excluding hydrogens is 222 g/mol. The van der Waals surface area contributed by atoms with Crippen molar-refractivity contribution in [1.82, 2.24) is 4.72 Å². The zero-order chi connectivity index (χ0) is 12.8. The predicted octanol–water partition coefficient (Wildman–Crippen LogP) is 2.52. The molecule has 0 saturated carbocycles. The van der Waals surface area contributed by atoms with Gasteiger partial charge in [-0.2, -0.15) is 0 Å². The van der Waals surface area contributed by atoms with Gasteiger partial charge in [0.15, 0.2) is 0 Å². The molecule has 0 atom stereocenters. The van der Waals surface area contributed by atoms with E-state index in [2.05, 4.69) is 17.9 Å². The molecule has 0 spiro atoms. The molecule has 0 aromatic heterocycles. The van der Waals surface area contributed by atoms with E-state index < -0.39 is 15.3 Å². The van der Waals surface area contributed by atoms with Crippen molar-refractivity contribution in [2.24, 2.45) is 0 Å². The van der Waals surface area contributed by atoms with Gasteiger partial charge >= 0.3 is 0 Å². The fourth-order valence-electron chi connectivity index (χ4n) is 0.825. The molecule has 0 aliphatic carbocycles. The maximum absolute atomic E-state index is 11.6. The Kier molecular flexibility index (Phi) is 5.82. The van der Waals surface area contributed by atoms with Crippen LogP contribution in [0.5, 0.6) is 0 Å². The molecule has 0 rings (SSSR count). The number of rotatable bonds is 6. The summed E-state index contributed by atoms with van der Waals surface area (Å²) in [4.78, 5) is 0. The third-order valence-electron chi connectivity index (χ3n) is 1.88. The van der Waals surface area contributed by atoms with E-state index in [1.54, 1.807) is 32.1 Å². The molecule has 0 radical (unpaired) electrons. The van der Waals surface area contributed by atoms with E-state index in [0.717, 1.165) is 5.57 Å². The maximum Gasteiger partial charge on any atom is 0.235 e. The summed E-state index contributed by atoms with van der Waals surface area (Å²) in [5, 5.41) is -0.474. The third kappa shape index (κ3) is 4.98. The highest BCUT2D eigenvalue weighted by Gasteiger charge is 2.15. The average molecular weight is 241 g/mol. The SMILES string of the molecule is C=C/C=C(\C=C(\C)C=C)NS(=O)(=O)C(C)C. The monoisotopic (exact) mass is 241 g/mol. The van der Waals surface area contributed by atoms with Crippen LogP contribution in [0.25, 0.3) is 0 Å². The van der Waals surface area contributed by atoms with Gasteiger partial charge in [-0.05, 0) is 38.5 Å². The third-order valence-corrected chi connectivity index (χ3v) is 3.64. The summed E-state index contributed by atoms with van der Waals surface area (Å²) < 4.78 is 25.8. The van der Waals surface area contributed by atoms with Gasteiger partial charge in [-0.15, -0.1) is 0 Å². The van der Waals surface area contributed by atoms with Crippen molar-refractivity contribution in [3.05, 3.63) is 48.7 Å². The molecule has 90 valence electrons. The minimum absolute atomic E-state index is 0.474. The number of allylic oxidation sites excluding steroid dienone is 5. The van der Waals surface area contributed by atoms with E-state index in [4.69, 9.17) is 0 Å². The Hall–Kier alpha value is -1.29. The van der Waals surface area contributed by atoms with Crippen molar-refractivity contribution in [1.29, 1.82) is 0 Å². The van der Waals surface area contributed by atoms with Crippen LogP contribution in [-0.2, 0) is 10.0 Å². The molecule has 0 saturated heterocycles. The molecule has 1 N–H and O–H groups in total. The maximum atomic E-state index is 11.6. The molecule has 16 heavy (non-hydrogen) atoms. The Labute approximate surface area is 98.3 Å². The Morgan fingerprint density at radius 1 is 1.31 bits per heavy atom. The molecule has 0 fully saturated rings. The fraction of sp³-hybridized carbons (Fsp3) is 0.333. The molecule has 0 bridgehead atoms. The van der Waals surface area contributed by atoms with Crippen LogP contribution in [0.3, 0.4) is 0 Å². The predicted molar refractivity (Wildman–Crippen MR) is 69.4 cm³/mol. The van der Waals surface area contributed by atoms with Crippen LogP contribution >= 0.6 is 0 Å². The second-order valence-electron chi connectivity index (χ2n) is 3.65. The van der Waals surface area contributed by atoms with Crippen molar-refractivity contribution in [2.75, 3.05) is 0 Å². The first kappa shape index (κ1) is 14.7. The molecular formula is C12H19NO2S. The van der Waals surface area contributed by atoms with Gasteiger partial charge in [0.2, 0.25) is 10.0 Å². The molecule has 0 amide bonds. The minimum Gasteiger partial charge on any atom is -0.283 e. The zero-order valence-corrected chi connectivity index (χ0v) is 10.8. The van der Waals surface area contributed by atoms with E-state index in [9.17, 15) is 8.42 Å². The van der Waals surface area contributed by atoms with Crippen LogP contribution in [0.15, 0.2) is 48.7 Å². The highest BCUT2D eigenvalue weighted by Crippen LogP contribution is 2.05. The second kappa shape index (κ2) is 6.33. The standard InChI is InChI=1S/C12H19NO2S/c1-6-8-12(9-11(5)7-2)13-16(14,15)10(3)4/h6-10,13H,1-2H2,3-5H3/b11-9-,12-8+. The molecule has 0 aromatic rings. The first-order valence-electron chi connectivity index (χ1n) is 4.98. The lowest BCUT2D eigenvalue weighted by Crippen LogP contribution is -2.29. The van der Waals surface area contributed by atoms with Crippen molar-refractivity contribution in [2.45, 2.75) is 26.0 Å². The first-order valence-corrected chi connectivity index (χ1v) is 6.53. The van der Waals surface area contributed by atoms with E-state index in [1.165, 1.54) is 6.08 Å². The number of hydrogen-bond acceptors (Lipinski definition) is 2. The number of hydrogen-bond donors (Lipinski definition) is 1. The van der Waals surface area contributed by atoms with Crippen molar-refractivity contribution in [3.8, 4) is 0 Å². The van der Waals surface area contributed by atoms with Gasteiger partial charge in [0.25, 0.3) is 0 Å². The smallest absolute Gasteiger partial charge is 0.235 e. The van der Waals surface area contributed by atoms with Crippen LogP contribution in [-0.4, -0.2) is 13.7 Å². The van der Waals surface area contributed by atoms with Crippen molar-refractivity contribution >= 4 is 10.0 Å². The first-order chi connectivity index (χ1) is 7.33. The lowest BCUT2D eigenvalue weighted by atomic mass is 10.2. The van der Waals surface area contributed by atoms with E-state index in [1.807, 2.05) is 6.92 Å². The average Bonchev–Trinajstić information content (AvgIpc) is 2.17. The highest BCUT2D eigenvalue weighted by atomic mass is 32.2. The Balaban J connectivity index is 5.08. The van der Waals surface area contributed by atoms with Crippen LogP contribution in [0.1, 0.15) is 20.8 Å². The van der Waals surface area contributed by atoms with Crippen LogP contribution in [0.4, 0.5) is 0 Å². The highest BCUT2D eigenvalue weighted by molar-refractivity contribution is 7.90. The molecule has 0 aliphatic rings. The van der Waals surface area contributed by atoms with Crippen LogP contribution in [0.2, 0.25) is 0 Å². The van der Waals surface area contributed by atoms with E-state index >= 15 is 0 Å². The summed E-state index contributed by atoms with van der Waals surface area (Å²) in [6.07, 6.45) is 6.49. The number of nitrogens with one attached hydrogen (secondary N) is 1. The quantitative estimate of drug-likeness (QED) is 0.726. The Bertz CT molecular complexity index is 414. The summed E-state index contributed by atoms with van der Waals surface area (Å²) in [6.45, 7) is 12.2. The molecule has 0 unspecified atom stereocenters. The van der Waals surface area contributed by atoms with E-state index in [-0.39, 0.29) is 0 Å². The second-order valence-corrected chi connectivity index (χ2v) is 5.88.